The van der Waals surface area contributed by atoms with Crippen LogP contribution in [-0.2, 0) is 42.9 Å². The van der Waals surface area contributed by atoms with Crippen LogP contribution in [0.4, 0.5) is 0 Å². The highest BCUT2D eigenvalue weighted by molar-refractivity contribution is 8.76. The molecule has 1 fully saturated rings. The summed E-state index contributed by atoms with van der Waals surface area (Å²) in [5, 5.41) is 5.99. The van der Waals surface area contributed by atoms with E-state index >= 15 is 0 Å². The highest BCUT2D eigenvalue weighted by Gasteiger charge is 2.25. The number of esters is 2. The topological polar surface area (TPSA) is 153 Å². The molecule has 2 N–H and O–H groups in total. The SMILES string of the molecule is CCCCCCCCCN(C(=O)CCSSCCNC(=O)CCOCCOCCNC(=O)C1CCN(C)CC1)C(CCCCCCCCC(=O)OCC(CCCC)CCCCCC)CCCCCCCCC(=O)OCC(CCCC)CCCCCC. The van der Waals surface area contributed by atoms with Crippen LogP contribution in [0.3, 0.4) is 0 Å². The zero-order chi connectivity index (χ0) is 62.6. The van der Waals surface area contributed by atoms with Crippen molar-refractivity contribution in [1.82, 2.24) is 20.4 Å². The summed E-state index contributed by atoms with van der Waals surface area (Å²) in [6.45, 7) is 17.8. The average molecular weight is 1250 g/mol. The Morgan fingerprint density at radius 2 is 0.884 bits per heavy atom. The fourth-order valence-electron chi connectivity index (χ4n) is 11.7. The molecule has 506 valence electrons. The summed E-state index contributed by atoms with van der Waals surface area (Å²) in [5.41, 5.74) is 0. The predicted octanol–water partition coefficient (Wildman–Crippen LogP) is 17.6. The van der Waals surface area contributed by atoms with E-state index in [-0.39, 0.29) is 41.6 Å². The van der Waals surface area contributed by atoms with Crippen molar-refractivity contribution in [2.24, 2.45) is 17.8 Å². The van der Waals surface area contributed by atoms with Crippen LogP contribution in [0.15, 0.2) is 0 Å². The van der Waals surface area contributed by atoms with Crippen LogP contribution in [0.2, 0.25) is 0 Å². The zero-order valence-corrected chi connectivity index (χ0v) is 58.4. The highest BCUT2D eigenvalue weighted by atomic mass is 33.1. The minimum Gasteiger partial charge on any atom is -0.465 e. The molecule has 0 radical (unpaired) electrons. The number of carbonyl (C=O) groups excluding carboxylic acids is 5. The first kappa shape index (κ1) is 81.9. The molecule has 2 atom stereocenters. The summed E-state index contributed by atoms with van der Waals surface area (Å²) in [7, 11) is 5.53. The second-order valence-electron chi connectivity index (χ2n) is 25.4. The van der Waals surface area contributed by atoms with Crippen molar-refractivity contribution in [3.63, 3.8) is 0 Å². The van der Waals surface area contributed by atoms with Crippen molar-refractivity contribution in [1.29, 1.82) is 0 Å². The van der Waals surface area contributed by atoms with Gasteiger partial charge in [0.1, 0.15) is 0 Å². The molecular formula is C71H136N4O9S2. The minimum absolute atomic E-state index is 0.0282. The lowest BCUT2D eigenvalue weighted by Crippen LogP contribution is -2.41. The summed E-state index contributed by atoms with van der Waals surface area (Å²) in [4.78, 5) is 69.2. The van der Waals surface area contributed by atoms with Crippen LogP contribution in [-0.4, -0.2) is 136 Å². The smallest absolute Gasteiger partial charge is 0.305 e. The molecule has 1 heterocycles. The molecule has 3 amide bonds. The van der Waals surface area contributed by atoms with Crippen molar-refractivity contribution in [2.45, 2.75) is 317 Å². The number of unbranched alkanes of at least 4 members (excludes halogenated alkanes) is 24. The first-order valence-corrected chi connectivity index (χ1v) is 38.8. The number of rotatable bonds is 64. The molecule has 0 spiro atoms. The molecule has 0 aromatic heterocycles. The average Bonchev–Trinajstić information content (AvgIpc) is 3.72. The molecule has 1 aliphatic rings. The summed E-state index contributed by atoms with van der Waals surface area (Å²) in [6.07, 6.45) is 46.7. The van der Waals surface area contributed by atoms with Gasteiger partial charge < -0.3 is 39.4 Å². The Morgan fingerprint density at radius 3 is 1.41 bits per heavy atom. The predicted molar refractivity (Wildman–Crippen MR) is 365 cm³/mol. The molecular weight excluding hydrogens is 1120 g/mol. The Labute approximate surface area is 537 Å². The molecule has 1 saturated heterocycles. The van der Waals surface area contributed by atoms with Crippen molar-refractivity contribution >= 4 is 51.2 Å². The Balaban J connectivity index is 2.68. The summed E-state index contributed by atoms with van der Waals surface area (Å²) < 4.78 is 22.9. The van der Waals surface area contributed by atoms with E-state index in [0.29, 0.717) is 90.2 Å². The largest absolute Gasteiger partial charge is 0.465 e. The normalized spacial score (nSPS) is 14.0. The maximum Gasteiger partial charge on any atom is 0.305 e. The lowest BCUT2D eigenvalue weighted by molar-refractivity contribution is -0.146. The van der Waals surface area contributed by atoms with Crippen molar-refractivity contribution in [3.8, 4) is 0 Å². The first-order chi connectivity index (χ1) is 42.1. The number of likely N-dealkylation sites (tertiary alicyclic amines) is 1. The lowest BCUT2D eigenvalue weighted by atomic mass is 9.96. The van der Waals surface area contributed by atoms with Gasteiger partial charge in [0.25, 0.3) is 0 Å². The molecule has 2 unspecified atom stereocenters. The molecule has 0 bridgehead atoms. The molecule has 0 saturated carbocycles. The van der Waals surface area contributed by atoms with Gasteiger partial charge in [-0.05, 0) is 103 Å². The third kappa shape index (κ3) is 50.6. The Bertz CT molecular complexity index is 1520. The number of hydrogen-bond acceptors (Lipinski definition) is 12. The van der Waals surface area contributed by atoms with Crippen molar-refractivity contribution in [3.05, 3.63) is 0 Å². The second kappa shape index (κ2) is 61.8. The first-order valence-electron chi connectivity index (χ1n) is 36.3. The monoisotopic (exact) mass is 1250 g/mol. The molecule has 15 heteroatoms. The van der Waals surface area contributed by atoms with Crippen LogP contribution in [0.25, 0.3) is 0 Å². The maximum atomic E-state index is 14.3. The van der Waals surface area contributed by atoms with Crippen LogP contribution < -0.4 is 10.6 Å². The Morgan fingerprint density at radius 1 is 0.453 bits per heavy atom. The van der Waals surface area contributed by atoms with Gasteiger partial charge in [-0.1, -0.05) is 236 Å². The van der Waals surface area contributed by atoms with Gasteiger partial charge in [-0.2, -0.15) is 0 Å². The molecule has 86 heavy (non-hydrogen) atoms. The summed E-state index contributed by atoms with van der Waals surface area (Å²) >= 11 is 0. The number of nitrogens with one attached hydrogen (secondary N) is 2. The maximum absolute atomic E-state index is 14.3. The Hall–Kier alpha value is -2.07. The van der Waals surface area contributed by atoms with Gasteiger partial charge in [-0.3, -0.25) is 24.0 Å². The van der Waals surface area contributed by atoms with E-state index in [1.165, 1.54) is 122 Å². The van der Waals surface area contributed by atoms with E-state index in [1.807, 2.05) is 0 Å². The zero-order valence-electron chi connectivity index (χ0n) is 56.8. The van der Waals surface area contributed by atoms with Crippen molar-refractivity contribution < 1.29 is 42.9 Å². The molecule has 1 aliphatic heterocycles. The standard InChI is InChI=1S/C71H136N4O9S2/c1-7-12-17-20-25-30-37-52-75(68(77)49-59-85-86-60-51-72-67(76)48-55-81-57-58-82-56-50-73-71(80)65-46-53-74(6)54-47-65)66(42-33-26-21-23-28-35-44-69(78)83-61-63(38-15-10-4)40-31-18-13-8-2)43-34-27-22-24-29-36-45-70(79)84-62-64(39-16-11-5)41-32-19-14-9-3/h63-66H,7-62H2,1-6H3,(H,72,76)(H,73,80). The van der Waals surface area contributed by atoms with Gasteiger partial charge in [0.15, 0.2) is 0 Å². The van der Waals surface area contributed by atoms with Crippen LogP contribution in [0, 0.1) is 17.8 Å². The van der Waals surface area contributed by atoms with E-state index in [4.69, 9.17) is 18.9 Å². The third-order valence-corrected chi connectivity index (χ3v) is 19.8. The van der Waals surface area contributed by atoms with E-state index in [0.717, 1.165) is 160 Å². The van der Waals surface area contributed by atoms with Gasteiger partial charge in [0, 0.05) is 68.8 Å². The lowest BCUT2D eigenvalue weighted by Gasteiger charge is -2.33. The summed E-state index contributed by atoms with van der Waals surface area (Å²) in [5.74, 6) is 2.92. The van der Waals surface area contributed by atoms with Crippen LogP contribution >= 0.6 is 21.6 Å². The second-order valence-corrected chi connectivity index (χ2v) is 28.1. The van der Waals surface area contributed by atoms with Gasteiger partial charge >= 0.3 is 11.9 Å². The van der Waals surface area contributed by atoms with Crippen LogP contribution in [0.1, 0.15) is 311 Å². The van der Waals surface area contributed by atoms with Crippen molar-refractivity contribution in [2.75, 3.05) is 90.9 Å². The quantitative estimate of drug-likeness (QED) is 0.0339. The fraction of sp³-hybridized carbons (Fsp3) is 0.930. The number of piperidine rings is 1. The van der Waals surface area contributed by atoms with E-state index in [9.17, 15) is 24.0 Å². The molecule has 0 aliphatic carbocycles. The molecule has 0 aromatic carbocycles. The molecule has 0 aromatic rings. The minimum atomic E-state index is -0.0336. The number of hydrogen-bond donors (Lipinski definition) is 2. The fourth-order valence-corrected chi connectivity index (χ4v) is 13.6. The number of nitrogens with zero attached hydrogens (tertiary/aromatic N) is 2. The van der Waals surface area contributed by atoms with Gasteiger partial charge in [0.2, 0.25) is 17.7 Å². The van der Waals surface area contributed by atoms with Crippen LogP contribution in [0.5, 0.6) is 0 Å². The highest BCUT2D eigenvalue weighted by Crippen LogP contribution is 2.26. The molecule has 13 nitrogen and oxygen atoms in total. The third-order valence-electron chi connectivity index (χ3n) is 17.4. The van der Waals surface area contributed by atoms with Gasteiger partial charge in [0.05, 0.1) is 39.6 Å². The Kier molecular flexibility index (Phi) is 58.9. The van der Waals surface area contributed by atoms with Gasteiger partial charge in [-0.15, -0.1) is 0 Å². The van der Waals surface area contributed by atoms with Gasteiger partial charge in [-0.25, -0.2) is 0 Å². The molecule has 1 rings (SSSR count). The summed E-state index contributed by atoms with van der Waals surface area (Å²) in [6, 6.07) is 0.241. The van der Waals surface area contributed by atoms with E-state index in [1.54, 1.807) is 21.6 Å². The van der Waals surface area contributed by atoms with E-state index in [2.05, 4.69) is 62.1 Å². The number of carbonyl (C=O) groups is 5. The number of ether oxygens (including phenoxy) is 4. The van der Waals surface area contributed by atoms with E-state index < -0.39 is 0 Å². The number of amides is 3.